The molecule has 0 atom stereocenters. The number of azide groups is 1. The number of hydrogen-bond acceptors (Lipinski definition) is 3. The minimum atomic E-state index is -0.460. The molecule has 0 unspecified atom stereocenters. The summed E-state index contributed by atoms with van der Waals surface area (Å²) in [5.41, 5.74) is 9.55. The predicted molar refractivity (Wildman–Crippen MR) is 68.8 cm³/mol. The van der Waals surface area contributed by atoms with Crippen LogP contribution in [0.1, 0.15) is 31.9 Å². The third kappa shape index (κ3) is 5.37. The lowest BCUT2D eigenvalue weighted by atomic mass is 10.1. The van der Waals surface area contributed by atoms with Gasteiger partial charge in [-0.25, -0.2) is 0 Å². The summed E-state index contributed by atoms with van der Waals surface area (Å²) in [7, 11) is 0. The van der Waals surface area contributed by atoms with Gasteiger partial charge in [-0.1, -0.05) is 29.4 Å². The summed E-state index contributed by atoms with van der Waals surface area (Å²) in [5.74, 6) is -0.245. The van der Waals surface area contributed by atoms with Crippen molar-refractivity contribution in [1.82, 2.24) is 0 Å². The van der Waals surface area contributed by atoms with E-state index in [1.54, 1.807) is 0 Å². The van der Waals surface area contributed by atoms with Gasteiger partial charge in [0.1, 0.15) is 5.60 Å². The molecule has 96 valence electrons. The molecule has 0 saturated heterocycles. The molecule has 18 heavy (non-hydrogen) atoms. The van der Waals surface area contributed by atoms with Gasteiger partial charge in [0.2, 0.25) is 0 Å². The van der Waals surface area contributed by atoms with Crippen LogP contribution in [-0.4, -0.2) is 11.6 Å². The van der Waals surface area contributed by atoms with Crippen LogP contribution in [0, 0.1) is 0 Å². The number of nitrogens with zero attached hydrogens (tertiary/aromatic N) is 3. The first-order valence-corrected chi connectivity index (χ1v) is 5.71. The molecule has 1 aromatic carbocycles. The van der Waals surface area contributed by atoms with Crippen molar-refractivity contribution in [3.05, 3.63) is 45.8 Å². The standard InChI is InChI=1S/C13H17N3O2/c1-13(2,3)18-12(17)8-10-4-6-11(7-5-10)9-15-16-14/h4-7H,8-9H2,1-3H3. The molecule has 0 aliphatic heterocycles. The van der Waals surface area contributed by atoms with Crippen LogP contribution in [-0.2, 0) is 22.5 Å². The van der Waals surface area contributed by atoms with Gasteiger partial charge in [-0.2, -0.15) is 0 Å². The fourth-order valence-corrected chi connectivity index (χ4v) is 1.42. The molecular weight excluding hydrogens is 230 g/mol. The predicted octanol–water partition coefficient (Wildman–Crippen LogP) is 3.38. The van der Waals surface area contributed by atoms with Crippen molar-refractivity contribution in [1.29, 1.82) is 0 Å². The van der Waals surface area contributed by atoms with Gasteiger partial charge in [-0.15, -0.1) is 0 Å². The van der Waals surface area contributed by atoms with E-state index in [4.69, 9.17) is 10.3 Å². The van der Waals surface area contributed by atoms with E-state index < -0.39 is 5.60 Å². The monoisotopic (exact) mass is 247 g/mol. The van der Waals surface area contributed by atoms with Crippen LogP contribution in [0.25, 0.3) is 10.4 Å². The van der Waals surface area contributed by atoms with E-state index in [1.165, 1.54) is 0 Å². The number of benzene rings is 1. The molecule has 0 fully saturated rings. The SMILES string of the molecule is CC(C)(C)OC(=O)Cc1ccc(CN=[N+]=[N-])cc1. The quantitative estimate of drug-likeness (QED) is 0.354. The Kier molecular flexibility index (Phi) is 4.75. The summed E-state index contributed by atoms with van der Waals surface area (Å²) in [6, 6.07) is 7.36. The Bertz CT molecular complexity index is 454. The van der Waals surface area contributed by atoms with Crippen LogP contribution < -0.4 is 0 Å². The minimum Gasteiger partial charge on any atom is -0.460 e. The highest BCUT2D eigenvalue weighted by Gasteiger charge is 2.16. The van der Waals surface area contributed by atoms with Crippen LogP contribution in [0.2, 0.25) is 0 Å². The van der Waals surface area contributed by atoms with Crippen molar-refractivity contribution < 1.29 is 9.53 Å². The van der Waals surface area contributed by atoms with E-state index in [0.29, 0.717) is 6.54 Å². The lowest BCUT2D eigenvalue weighted by Gasteiger charge is -2.19. The molecule has 0 saturated carbocycles. The van der Waals surface area contributed by atoms with E-state index in [2.05, 4.69) is 10.0 Å². The Morgan fingerprint density at radius 1 is 1.28 bits per heavy atom. The summed E-state index contributed by atoms with van der Waals surface area (Å²) < 4.78 is 5.23. The Labute approximate surface area is 106 Å². The maximum absolute atomic E-state index is 11.6. The number of carbonyl (C=O) groups is 1. The van der Waals surface area contributed by atoms with E-state index in [-0.39, 0.29) is 12.4 Å². The zero-order valence-electron chi connectivity index (χ0n) is 10.9. The van der Waals surface area contributed by atoms with Gasteiger partial charge in [0.15, 0.2) is 0 Å². The number of ether oxygens (including phenoxy) is 1. The van der Waals surface area contributed by atoms with Gasteiger partial charge < -0.3 is 4.74 Å². The Morgan fingerprint density at radius 3 is 2.33 bits per heavy atom. The summed E-state index contributed by atoms with van der Waals surface area (Å²) in [5, 5.41) is 3.47. The third-order valence-electron chi connectivity index (χ3n) is 2.11. The third-order valence-corrected chi connectivity index (χ3v) is 2.11. The van der Waals surface area contributed by atoms with Crippen LogP contribution in [0.15, 0.2) is 29.4 Å². The van der Waals surface area contributed by atoms with Crippen LogP contribution in [0.5, 0.6) is 0 Å². The lowest BCUT2D eigenvalue weighted by molar-refractivity contribution is -0.153. The van der Waals surface area contributed by atoms with Crippen molar-refractivity contribution in [2.75, 3.05) is 0 Å². The highest BCUT2D eigenvalue weighted by Crippen LogP contribution is 2.11. The van der Waals surface area contributed by atoms with Gasteiger partial charge in [-0.05, 0) is 37.4 Å². The van der Waals surface area contributed by atoms with Gasteiger partial charge in [0.25, 0.3) is 0 Å². The molecule has 0 aromatic heterocycles. The molecule has 1 aromatic rings. The molecule has 0 radical (unpaired) electrons. The molecule has 0 aliphatic carbocycles. The maximum Gasteiger partial charge on any atom is 0.310 e. The van der Waals surface area contributed by atoms with Crippen LogP contribution in [0.3, 0.4) is 0 Å². The summed E-state index contributed by atoms with van der Waals surface area (Å²) in [6.07, 6.45) is 0.249. The average Bonchev–Trinajstić information content (AvgIpc) is 2.25. The Hall–Kier alpha value is -2.00. The molecular formula is C13H17N3O2. The molecule has 0 aliphatic rings. The van der Waals surface area contributed by atoms with Gasteiger partial charge in [-0.3, -0.25) is 4.79 Å². The molecule has 0 amide bonds. The minimum absolute atomic E-state index is 0.245. The van der Waals surface area contributed by atoms with Crippen LogP contribution >= 0.6 is 0 Å². The molecule has 0 bridgehead atoms. The van der Waals surface area contributed by atoms with Gasteiger partial charge in [0, 0.05) is 4.91 Å². The summed E-state index contributed by atoms with van der Waals surface area (Å²) in [6.45, 7) is 5.85. The second kappa shape index (κ2) is 6.07. The zero-order chi connectivity index (χ0) is 13.6. The van der Waals surface area contributed by atoms with Crippen molar-refractivity contribution in [3.8, 4) is 0 Å². The molecule has 1 rings (SSSR count). The zero-order valence-corrected chi connectivity index (χ0v) is 10.9. The van der Waals surface area contributed by atoms with Crippen molar-refractivity contribution in [3.63, 3.8) is 0 Å². The smallest absolute Gasteiger partial charge is 0.310 e. The topological polar surface area (TPSA) is 75.1 Å². The average molecular weight is 247 g/mol. The number of hydrogen-bond donors (Lipinski definition) is 0. The number of esters is 1. The summed E-state index contributed by atoms with van der Waals surface area (Å²) >= 11 is 0. The second-order valence-corrected chi connectivity index (χ2v) is 4.97. The highest BCUT2D eigenvalue weighted by atomic mass is 16.6. The van der Waals surface area contributed by atoms with Crippen molar-refractivity contribution in [2.24, 2.45) is 5.11 Å². The van der Waals surface area contributed by atoms with E-state index in [0.717, 1.165) is 11.1 Å². The van der Waals surface area contributed by atoms with Gasteiger partial charge in [0.05, 0.1) is 13.0 Å². The van der Waals surface area contributed by atoms with Crippen molar-refractivity contribution >= 4 is 5.97 Å². The fourth-order valence-electron chi connectivity index (χ4n) is 1.42. The molecule has 5 heteroatoms. The molecule has 5 nitrogen and oxygen atoms in total. The normalized spacial score (nSPS) is 10.6. The molecule has 0 heterocycles. The fraction of sp³-hybridized carbons (Fsp3) is 0.462. The Morgan fingerprint density at radius 2 is 1.83 bits per heavy atom. The second-order valence-electron chi connectivity index (χ2n) is 4.97. The first kappa shape index (κ1) is 14.1. The number of rotatable bonds is 4. The lowest BCUT2D eigenvalue weighted by Crippen LogP contribution is -2.24. The van der Waals surface area contributed by atoms with E-state index in [1.807, 2.05) is 45.0 Å². The maximum atomic E-state index is 11.6. The van der Waals surface area contributed by atoms with Crippen molar-refractivity contribution in [2.45, 2.75) is 39.3 Å². The summed E-state index contributed by atoms with van der Waals surface area (Å²) in [4.78, 5) is 14.3. The van der Waals surface area contributed by atoms with E-state index in [9.17, 15) is 4.79 Å². The molecule has 0 spiro atoms. The van der Waals surface area contributed by atoms with Gasteiger partial charge >= 0.3 is 5.97 Å². The largest absolute Gasteiger partial charge is 0.460 e. The first-order valence-electron chi connectivity index (χ1n) is 5.71. The van der Waals surface area contributed by atoms with Crippen LogP contribution in [0.4, 0.5) is 0 Å². The first-order chi connectivity index (χ1) is 8.40. The van der Waals surface area contributed by atoms with E-state index >= 15 is 0 Å². The highest BCUT2D eigenvalue weighted by molar-refractivity contribution is 5.73. The molecule has 0 N–H and O–H groups in total. The number of carbonyl (C=O) groups excluding carboxylic acids is 1. The Balaban J connectivity index is 2.58.